The molecule has 1 N–H and O–H groups in total. The van der Waals surface area contributed by atoms with Crippen molar-refractivity contribution in [2.24, 2.45) is 0 Å². The number of Topliss-reactive ketones (excluding diaryl/α,β-unsaturated/α-hetero) is 1. The summed E-state index contributed by atoms with van der Waals surface area (Å²) in [6.45, 7) is 3.84. The Hall–Kier alpha value is -4.33. The van der Waals surface area contributed by atoms with Gasteiger partial charge in [0.15, 0.2) is 0 Å². The highest BCUT2D eigenvalue weighted by Gasteiger charge is 2.47. The molecular formula is C24H19N3O5. The number of benzene rings is 2. The highest BCUT2D eigenvalue weighted by Crippen LogP contribution is 2.42. The highest BCUT2D eigenvalue weighted by atomic mass is 16.6. The standard InChI is InChI=1S/C24H19N3O5/c1-14-8-9-18(11-15(14)2)26-21(17-6-4-10-25-13-17)20(23(29)24(26)30)22(28)16-5-3-7-19(12-16)27(31)32/h3-13,21,28H,1-2H3/b22-20-. The van der Waals surface area contributed by atoms with Crippen molar-refractivity contribution in [3.05, 3.63) is 105 Å². The number of hydrogen-bond acceptors (Lipinski definition) is 6. The monoisotopic (exact) mass is 429 g/mol. The second-order valence-electron chi connectivity index (χ2n) is 7.53. The predicted molar refractivity (Wildman–Crippen MR) is 118 cm³/mol. The molecule has 0 radical (unpaired) electrons. The van der Waals surface area contributed by atoms with Crippen LogP contribution in [0, 0.1) is 24.0 Å². The number of aliphatic hydroxyl groups is 1. The van der Waals surface area contributed by atoms with Crippen molar-refractivity contribution >= 4 is 28.8 Å². The van der Waals surface area contributed by atoms with Crippen LogP contribution in [0.15, 0.2) is 72.6 Å². The number of nitro benzene ring substituents is 1. The maximum absolute atomic E-state index is 13.1. The van der Waals surface area contributed by atoms with Crippen molar-refractivity contribution in [2.75, 3.05) is 4.90 Å². The van der Waals surface area contributed by atoms with Crippen LogP contribution >= 0.6 is 0 Å². The lowest BCUT2D eigenvalue weighted by molar-refractivity contribution is -0.384. The summed E-state index contributed by atoms with van der Waals surface area (Å²) in [5, 5.41) is 22.2. The molecule has 1 unspecified atom stereocenters. The van der Waals surface area contributed by atoms with Gasteiger partial charge in [-0.25, -0.2) is 0 Å². The lowest BCUT2D eigenvalue weighted by Crippen LogP contribution is -2.29. The van der Waals surface area contributed by atoms with E-state index in [-0.39, 0.29) is 16.8 Å². The molecule has 8 heteroatoms. The van der Waals surface area contributed by atoms with E-state index < -0.39 is 28.4 Å². The topological polar surface area (TPSA) is 114 Å². The molecule has 32 heavy (non-hydrogen) atoms. The molecule has 2 heterocycles. The molecule has 3 aromatic rings. The summed E-state index contributed by atoms with van der Waals surface area (Å²) in [4.78, 5) is 42.2. The molecule has 0 aliphatic carbocycles. The summed E-state index contributed by atoms with van der Waals surface area (Å²) in [6, 6.07) is 13.1. The normalized spacial score (nSPS) is 17.6. The van der Waals surface area contributed by atoms with Crippen LogP contribution in [0.4, 0.5) is 11.4 Å². The molecule has 0 saturated carbocycles. The Morgan fingerprint density at radius 1 is 1.06 bits per heavy atom. The zero-order valence-corrected chi connectivity index (χ0v) is 17.4. The minimum Gasteiger partial charge on any atom is -0.507 e. The van der Waals surface area contributed by atoms with Gasteiger partial charge in [-0.1, -0.05) is 24.3 Å². The number of aliphatic hydroxyl groups excluding tert-OH is 1. The molecule has 1 aliphatic rings. The van der Waals surface area contributed by atoms with Crippen LogP contribution in [0.2, 0.25) is 0 Å². The maximum Gasteiger partial charge on any atom is 0.300 e. The Kier molecular flexibility index (Phi) is 5.28. The molecule has 8 nitrogen and oxygen atoms in total. The Morgan fingerprint density at radius 2 is 1.84 bits per heavy atom. The number of rotatable bonds is 4. The number of aryl methyl sites for hydroxylation is 2. The number of carbonyl (C=O) groups excluding carboxylic acids is 2. The van der Waals surface area contributed by atoms with Gasteiger partial charge in [0, 0.05) is 35.8 Å². The number of nitro groups is 1. The molecule has 4 rings (SSSR count). The van der Waals surface area contributed by atoms with E-state index in [9.17, 15) is 24.8 Å². The van der Waals surface area contributed by atoms with E-state index >= 15 is 0 Å². The van der Waals surface area contributed by atoms with Gasteiger partial charge in [0.25, 0.3) is 17.4 Å². The van der Waals surface area contributed by atoms with Crippen molar-refractivity contribution in [3.8, 4) is 0 Å². The van der Waals surface area contributed by atoms with Crippen molar-refractivity contribution in [2.45, 2.75) is 19.9 Å². The van der Waals surface area contributed by atoms with Gasteiger partial charge in [0.1, 0.15) is 5.76 Å². The van der Waals surface area contributed by atoms with E-state index in [1.807, 2.05) is 19.9 Å². The average Bonchev–Trinajstić information content (AvgIpc) is 3.06. The highest BCUT2D eigenvalue weighted by molar-refractivity contribution is 6.51. The number of amides is 1. The van der Waals surface area contributed by atoms with Crippen LogP contribution in [0.25, 0.3) is 5.76 Å². The van der Waals surface area contributed by atoms with E-state index in [4.69, 9.17) is 0 Å². The first-order valence-corrected chi connectivity index (χ1v) is 9.82. The van der Waals surface area contributed by atoms with E-state index in [0.717, 1.165) is 11.1 Å². The van der Waals surface area contributed by atoms with Crippen LogP contribution in [0.5, 0.6) is 0 Å². The third-order valence-corrected chi connectivity index (χ3v) is 5.54. The number of non-ortho nitro benzene ring substituents is 1. The zero-order valence-electron chi connectivity index (χ0n) is 17.4. The summed E-state index contributed by atoms with van der Waals surface area (Å²) < 4.78 is 0. The Bertz CT molecular complexity index is 1280. The minimum atomic E-state index is -0.940. The van der Waals surface area contributed by atoms with Crippen molar-refractivity contribution < 1.29 is 19.6 Å². The lowest BCUT2D eigenvalue weighted by atomic mass is 9.96. The quantitative estimate of drug-likeness (QED) is 0.218. The second-order valence-corrected chi connectivity index (χ2v) is 7.53. The van der Waals surface area contributed by atoms with Gasteiger partial charge in [0.05, 0.1) is 16.5 Å². The SMILES string of the molecule is Cc1ccc(N2C(=O)C(=O)/C(=C(\O)c3cccc([N+](=O)[O-])c3)C2c2cccnc2)cc1C. The minimum absolute atomic E-state index is 0.0752. The first kappa shape index (κ1) is 20.9. The number of aromatic nitrogens is 1. The maximum atomic E-state index is 13.1. The molecule has 0 bridgehead atoms. The molecular weight excluding hydrogens is 410 g/mol. The van der Waals surface area contributed by atoms with Gasteiger partial charge in [0.2, 0.25) is 0 Å². The number of carbonyl (C=O) groups is 2. The number of anilines is 1. The average molecular weight is 429 g/mol. The van der Waals surface area contributed by atoms with E-state index in [1.54, 1.807) is 30.5 Å². The molecule has 160 valence electrons. The van der Waals surface area contributed by atoms with Crippen LogP contribution in [-0.4, -0.2) is 26.7 Å². The van der Waals surface area contributed by atoms with Gasteiger partial charge in [-0.3, -0.25) is 29.6 Å². The van der Waals surface area contributed by atoms with Crippen molar-refractivity contribution in [1.82, 2.24) is 4.98 Å². The van der Waals surface area contributed by atoms with Gasteiger partial charge in [-0.15, -0.1) is 0 Å². The van der Waals surface area contributed by atoms with Crippen LogP contribution < -0.4 is 4.90 Å². The summed E-state index contributed by atoms with van der Waals surface area (Å²) in [6.07, 6.45) is 3.08. The summed E-state index contributed by atoms with van der Waals surface area (Å²) >= 11 is 0. The largest absolute Gasteiger partial charge is 0.507 e. The third-order valence-electron chi connectivity index (χ3n) is 5.54. The Morgan fingerprint density at radius 3 is 2.50 bits per heavy atom. The molecule has 1 aromatic heterocycles. The van der Waals surface area contributed by atoms with Crippen molar-refractivity contribution in [1.29, 1.82) is 0 Å². The number of nitrogens with zero attached hydrogens (tertiary/aromatic N) is 3. The van der Waals surface area contributed by atoms with Crippen molar-refractivity contribution in [3.63, 3.8) is 0 Å². The molecule has 2 aromatic carbocycles. The zero-order chi connectivity index (χ0) is 23.0. The van der Waals surface area contributed by atoms with Gasteiger partial charge in [-0.05, 0) is 48.7 Å². The number of pyridine rings is 1. The van der Waals surface area contributed by atoms with Crippen LogP contribution in [0.1, 0.15) is 28.3 Å². The summed E-state index contributed by atoms with van der Waals surface area (Å²) in [5.41, 5.74) is 2.68. The molecule has 1 saturated heterocycles. The van der Waals surface area contributed by atoms with E-state index in [2.05, 4.69) is 4.98 Å². The van der Waals surface area contributed by atoms with Crippen LogP contribution in [-0.2, 0) is 9.59 Å². The van der Waals surface area contributed by atoms with E-state index in [0.29, 0.717) is 11.3 Å². The molecule has 0 spiro atoms. The van der Waals surface area contributed by atoms with Gasteiger partial charge in [-0.2, -0.15) is 0 Å². The lowest BCUT2D eigenvalue weighted by Gasteiger charge is -2.25. The molecule has 1 amide bonds. The summed E-state index contributed by atoms with van der Waals surface area (Å²) in [7, 11) is 0. The fourth-order valence-electron chi connectivity index (χ4n) is 3.75. The number of ketones is 1. The first-order valence-electron chi connectivity index (χ1n) is 9.82. The Balaban J connectivity index is 1.95. The molecule has 1 fully saturated rings. The summed E-state index contributed by atoms with van der Waals surface area (Å²) in [5.74, 6) is -2.15. The third kappa shape index (κ3) is 3.51. The Labute approximate surface area is 183 Å². The fourth-order valence-corrected chi connectivity index (χ4v) is 3.75. The fraction of sp³-hybridized carbons (Fsp3) is 0.125. The molecule has 1 atom stereocenters. The number of hydrogen-bond donors (Lipinski definition) is 1. The van der Waals surface area contributed by atoms with Gasteiger partial charge >= 0.3 is 0 Å². The second kappa shape index (κ2) is 8.07. The first-order chi connectivity index (χ1) is 15.3. The van der Waals surface area contributed by atoms with Gasteiger partial charge < -0.3 is 5.11 Å². The predicted octanol–water partition coefficient (Wildman–Crippen LogP) is 4.23. The molecule has 1 aliphatic heterocycles. The van der Waals surface area contributed by atoms with E-state index in [1.165, 1.54) is 35.4 Å². The van der Waals surface area contributed by atoms with Crippen LogP contribution in [0.3, 0.4) is 0 Å². The smallest absolute Gasteiger partial charge is 0.300 e.